The van der Waals surface area contributed by atoms with Crippen molar-refractivity contribution in [3.8, 4) is 0 Å². The molecule has 3 aromatic rings. The molecule has 0 bridgehead atoms. The molecule has 25 heavy (non-hydrogen) atoms. The lowest BCUT2D eigenvalue weighted by Crippen LogP contribution is -2.32. The molecule has 1 heterocycles. The zero-order chi connectivity index (χ0) is 17.2. The number of carbonyl (C=O) groups is 2. The second-order valence-electron chi connectivity index (χ2n) is 6.16. The molecule has 0 aromatic heterocycles. The quantitative estimate of drug-likeness (QED) is 0.769. The van der Waals surface area contributed by atoms with Gasteiger partial charge in [0.1, 0.15) is 0 Å². The number of hydrogen-bond acceptors (Lipinski definition) is 2. The minimum atomic E-state index is -0.462. The van der Waals surface area contributed by atoms with Gasteiger partial charge in [-0.3, -0.25) is 9.59 Å². The standard InChI is InChI=1S/C22H17NO2/c24-21-17-13-7-8-14-18(17)22(25)23-20(16-11-5-2-6-12-16)19(21)15-9-3-1-4-10-15/h1-14,19-20H,(H,23,25)/t19-,20-/m0/s1. The summed E-state index contributed by atoms with van der Waals surface area (Å²) in [6.07, 6.45) is 0. The number of ketones is 1. The van der Waals surface area contributed by atoms with Crippen molar-refractivity contribution in [2.45, 2.75) is 12.0 Å². The normalized spacial score (nSPS) is 19.7. The molecule has 1 aliphatic heterocycles. The van der Waals surface area contributed by atoms with Gasteiger partial charge in [0.15, 0.2) is 5.78 Å². The van der Waals surface area contributed by atoms with Crippen molar-refractivity contribution >= 4 is 11.7 Å². The maximum atomic E-state index is 13.4. The fourth-order valence-electron chi connectivity index (χ4n) is 3.46. The largest absolute Gasteiger partial charge is 0.344 e. The van der Waals surface area contributed by atoms with E-state index in [9.17, 15) is 9.59 Å². The van der Waals surface area contributed by atoms with Crippen molar-refractivity contribution in [2.24, 2.45) is 0 Å². The summed E-state index contributed by atoms with van der Waals surface area (Å²) in [7, 11) is 0. The zero-order valence-corrected chi connectivity index (χ0v) is 13.6. The Morgan fingerprint density at radius 2 is 1.12 bits per heavy atom. The van der Waals surface area contributed by atoms with E-state index >= 15 is 0 Å². The molecule has 0 fully saturated rings. The van der Waals surface area contributed by atoms with Crippen molar-refractivity contribution in [3.05, 3.63) is 107 Å². The summed E-state index contributed by atoms with van der Waals surface area (Å²) in [5.41, 5.74) is 2.74. The number of hydrogen-bond donors (Lipinski definition) is 1. The Morgan fingerprint density at radius 3 is 1.76 bits per heavy atom. The van der Waals surface area contributed by atoms with E-state index in [4.69, 9.17) is 0 Å². The van der Waals surface area contributed by atoms with E-state index in [-0.39, 0.29) is 11.7 Å². The smallest absolute Gasteiger partial charge is 0.252 e. The van der Waals surface area contributed by atoms with Crippen molar-refractivity contribution in [3.63, 3.8) is 0 Å². The molecule has 1 aliphatic rings. The predicted octanol–water partition coefficient (Wildman–Crippen LogP) is 4.14. The van der Waals surface area contributed by atoms with Crippen LogP contribution < -0.4 is 5.32 Å². The number of rotatable bonds is 2. The van der Waals surface area contributed by atoms with E-state index in [0.717, 1.165) is 11.1 Å². The maximum Gasteiger partial charge on any atom is 0.252 e. The van der Waals surface area contributed by atoms with Gasteiger partial charge in [-0.05, 0) is 17.2 Å². The Morgan fingerprint density at radius 1 is 0.600 bits per heavy atom. The number of fused-ring (bicyclic) bond motifs is 1. The minimum Gasteiger partial charge on any atom is -0.344 e. The van der Waals surface area contributed by atoms with Gasteiger partial charge in [0.25, 0.3) is 5.91 Å². The van der Waals surface area contributed by atoms with Gasteiger partial charge in [-0.2, -0.15) is 0 Å². The first-order valence-corrected chi connectivity index (χ1v) is 8.29. The van der Waals surface area contributed by atoms with E-state index in [1.54, 1.807) is 24.3 Å². The van der Waals surface area contributed by atoms with Crippen LogP contribution in [0.3, 0.4) is 0 Å². The molecule has 2 atom stereocenters. The molecule has 0 saturated carbocycles. The third-order valence-corrected chi connectivity index (χ3v) is 4.66. The molecule has 3 aromatic carbocycles. The number of carbonyl (C=O) groups excluding carboxylic acids is 2. The molecule has 3 heteroatoms. The topological polar surface area (TPSA) is 46.2 Å². The Bertz CT molecular complexity index is 919. The molecule has 0 unspecified atom stereocenters. The summed E-state index contributed by atoms with van der Waals surface area (Å²) in [6, 6.07) is 25.9. The predicted molar refractivity (Wildman–Crippen MR) is 96.6 cm³/mol. The lowest BCUT2D eigenvalue weighted by atomic mass is 9.82. The Balaban J connectivity index is 1.91. The van der Waals surface area contributed by atoms with Gasteiger partial charge < -0.3 is 5.32 Å². The molecule has 4 rings (SSSR count). The fourth-order valence-corrected chi connectivity index (χ4v) is 3.46. The number of benzene rings is 3. The van der Waals surface area contributed by atoms with Crippen LogP contribution in [0.5, 0.6) is 0 Å². The van der Waals surface area contributed by atoms with Crippen LogP contribution in [0.15, 0.2) is 84.9 Å². The average molecular weight is 327 g/mol. The molecular weight excluding hydrogens is 310 g/mol. The second kappa shape index (κ2) is 6.36. The monoisotopic (exact) mass is 327 g/mol. The van der Waals surface area contributed by atoms with Crippen LogP contribution in [-0.4, -0.2) is 11.7 Å². The molecule has 0 aliphatic carbocycles. The number of nitrogens with one attached hydrogen (secondary N) is 1. The van der Waals surface area contributed by atoms with Gasteiger partial charge >= 0.3 is 0 Å². The van der Waals surface area contributed by atoms with Gasteiger partial charge in [-0.1, -0.05) is 78.9 Å². The summed E-state index contributed by atoms with van der Waals surface area (Å²) in [6.45, 7) is 0. The van der Waals surface area contributed by atoms with Crippen molar-refractivity contribution in [1.29, 1.82) is 0 Å². The fraction of sp³-hybridized carbons (Fsp3) is 0.0909. The first-order valence-electron chi connectivity index (χ1n) is 8.29. The first-order chi connectivity index (χ1) is 12.3. The van der Waals surface area contributed by atoms with E-state index in [1.165, 1.54) is 0 Å². The second-order valence-corrected chi connectivity index (χ2v) is 6.16. The molecule has 1 amide bonds. The Kier molecular flexibility index (Phi) is 3.90. The SMILES string of the molecule is O=C1N[C@@H](c2ccccc2)[C@H](c2ccccc2)C(=O)c2ccccc21. The summed E-state index contributed by atoms with van der Waals surface area (Å²) in [5.74, 6) is -0.707. The van der Waals surface area contributed by atoms with Crippen molar-refractivity contribution < 1.29 is 9.59 Å². The summed E-state index contributed by atoms with van der Waals surface area (Å²) in [5, 5.41) is 3.07. The van der Waals surface area contributed by atoms with Crippen molar-refractivity contribution in [1.82, 2.24) is 5.32 Å². The summed E-state index contributed by atoms with van der Waals surface area (Å²) < 4.78 is 0. The van der Waals surface area contributed by atoms with Crippen LogP contribution in [0.2, 0.25) is 0 Å². The Labute approximate surface area is 146 Å². The van der Waals surface area contributed by atoms with Crippen LogP contribution in [0.25, 0.3) is 0 Å². The third kappa shape index (κ3) is 2.74. The molecule has 0 saturated heterocycles. The number of amides is 1. The lowest BCUT2D eigenvalue weighted by Gasteiger charge is -2.25. The molecule has 1 N–H and O–H groups in total. The van der Waals surface area contributed by atoms with Crippen LogP contribution in [0, 0.1) is 0 Å². The van der Waals surface area contributed by atoms with E-state index in [2.05, 4.69) is 5.32 Å². The first kappa shape index (κ1) is 15.3. The van der Waals surface area contributed by atoms with E-state index in [0.29, 0.717) is 11.1 Å². The third-order valence-electron chi connectivity index (χ3n) is 4.66. The van der Waals surface area contributed by atoms with Gasteiger partial charge in [0, 0.05) is 5.56 Å². The van der Waals surface area contributed by atoms with Crippen LogP contribution in [-0.2, 0) is 0 Å². The highest BCUT2D eigenvalue weighted by molar-refractivity contribution is 6.12. The van der Waals surface area contributed by atoms with Crippen LogP contribution >= 0.6 is 0 Å². The molecule has 122 valence electrons. The highest BCUT2D eigenvalue weighted by Gasteiger charge is 2.37. The minimum absolute atomic E-state index is 0.0333. The van der Waals surface area contributed by atoms with Gasteiger partial charge in [-0.25, -0.2) is 0 Å². The molecule has 3 nitrogen and oxygen atoms in total. The Hall–Kier alpha value is -3.20. The molecule has 0 spiro atoms. The van der Waals surface area contributed by atoms with E-state index < -0.39 is 12.0 Å². The highest BCUT2D eigenvalue weighted by Crippen LogP contribution is 2.37. The van der Waals surface area contributed by atoms with Crippen molar-refractivity contribution in [2.75, 3.05) is 0 Å². The van der Waals surface area contributed by atoms with E-state index in [1.807, 2.05) is 60.7 Å². The summed E-state index contributed by atoms with van der Waals surface area (Å²) in [4.78, 5) is 26.1. The molecular formula is C22H17NO2. The summed E-state index contributed by atoms with van der Waals surface area (Å²) >= 11 is 0. The maximum absolute atomic E-state index is 13.4. The average Bonchev–Trinajstić information content (AvgIpc) is 2.79. The molecule has 0 radical (unpaired) electrons. The lowest BCUT2D eigenvalue weighted by molar-refractivity contribution is 0.0919. The van der Waals surface area contributed by atoms with Gasteiger partial charge in [0.2, 0.25) is 0 Å². The zero-order valence-electron chi connectivity index (χ0n) is 13.6. The van der Waals surface area contributed by atoms with Gasteiger partial charge in [0.05, 0.1) is 17.5 Å². The number of Topliss-reactive ketones (excluding diaryl/α,β-unsaturated/α-hetero) is 1. The van der Waals surface area contributed by atoms with Gasteiger partial charge in [-0.15, -0.1) is 0 Å². The van der Waals surface area contributed by atoms with Crippen LogP contribution in [0.1, 0.15) is 43.8 Å². The highest BCUT2D eigenvalue weighted by atomic mass is 16.2. The van der Waals surface area contributed by atoms with Crippen LogP contribution in [0.4, 0.5) is 0 Å².